The van der Waals surface area contributed by atoms with E-state index in [1.165, 1.54) is 19.3 Å². The third kappa shape index (κ3) is 4.24. The predicted molar refractivity (Wildman–Crippen MR) is 82.5 cm³/mol. The van der Waals surface area contributed by atoms with Gasteiger partial charge in [0, 0.05) is 32.7 Å². The minimum absolute atomic E-state index is 0.314. The van der Waals surface area contributed by atoms with Crippen molar-refractivity contribution in [2.45, 2.75) is 38.2 Å². The lowest BCUT2D eigenvalue weighted by Crippen LogP contribution is -2.41. The molecule has 5 nitrogen and oxygen atoms in total. The highest BCUT2D eigenvalue weighted by atomic mass is 16.5. The summed E-state index contributed by atoms with van der Waals surface area (Å²) >= 11 is 0. The smallest absolute Gasteiger partial charge is 0.194 e. The van der Waals surface area contributed by atoms with E-state index in [4.69, 9.17) is 14.1 Å². The Morgan fingerprint density at radius 2 is 2.24 bits per heavy atom. The second-order valence-corrected chi connectivity index (χ2v) is 5.75. The number of rotatable bonds is 5. The zero-order valence-electron chi connectivity index (χ0n) is 12.6. The SMILES string of the molecule is c1coc(CCNC(=NCC2CCCO2)N2CCCC2)c1. The van der Waals surface area contributed by atoms with Gasteiger partial charge in [-0.05, 0) is 37.8 Å². The lowest BCUT2D eigenvalue weighted by molar-refractivity contribution is 0.117. The molecule has 2 aliphatic heterocycles. The van der Waals surface area contributed by atoms with Gasteiger partial charge < -0.3 is 19.4 Å². The van der Waals surface area contributed by atoms with Crippen molar-refractivity contribution in [2.24, 2.45) is 4.99 Å². The Morgan fingerprint density at radius 1 is 1.33 bits per heavy atom. The van der Waals surface area contributed by atoms with Gasteiger partial charge in [0.05, 0.1) is 18.9 Å². The first-order chi connectivity index (χ1) is 10.4. The Balaban J connectivity index is 1.51. The topological polar surface area (TPSA) is 50.0 Å². The predicted octanol–water partition coefficient (Wildman–Crippen LogP) is 2.04. The molecular weight excluding hydrogens is 266 g/mol. The lowest BCUT2D eigenvalue weighted by atomic mass is 10.2. The van der Waals surface area contributed by atoms with Gasteiger partial charge in [-0.15, -0.1) is 0 Å². The first-order valence-electron chi connectivity index (χ1n) is 8.09. The van der Waals surface area contributed by atoms with E-state index in [2.05, 4.69) is 10.2 Å². The van der Waals surface area contributed by atoms with Gasteiger partial charge in [0.2, 0.25) is 0 Å². The van der Waals surface area contributed by atoms with Gasteiger partial charge in [0.25, 0.3) is 0 Å². The Hall–Kier alpha value is -1.49. The van der Waals surface area contributed by atoms with Crippen LogP contribution < -0.4 is 5.32 Å². The van der Waals surface area contributed by atoms with Crippen LogP contribution in [0.5, 0.6) is 0 Å². The third-order valence-electron chi connectivity index (χ3n) is 4.11. The standard InChI is InChI=1S/C16H25N3O2/c1-2-10-19(9-1)16(18-13-15-6-4-12-21-15)17-8-7-14-5-3-11-20-14/h3,5,11,15H,1-2,4,6-10,12-13H2,(H,17,18). The number of aliphatic imine (C=N–C) groups is 1. The minimum atomic E-state index is 0.314. The Bertz CT molecular complexity index is 432. The molecule has 116 valence electrons. The molecule has 1 aromatic heterocycles. The van der Waals surface area contributed by atoms with Gasteiger partial charge in [0.15, 0.2) is 5.96 Å². The summed E-state index contributed by atoms with van der Waals surface area (Å²) in [5.41, 5.74) is 0. The van der Waals surface area contributed by atoms with Crippen LogP contribution in [0, 0.1) is 0 Å². The molecule has 21 heavy (non-hydrogen) atoms. The fourth-order valence-corrected chi connectivity index (χ4v) is 2.93. The van der Waals surface area contributed by atoms with Crippen LogP contribution in [0.1, 0.15) is 31.4 Å². The summed E-state index contributed by atoms with van der Waals surface area (Å²) in [5, 5.41) is 3.48. The summed E-state index contributed by atoms with van der Waals surface area (Å²) in [4.78, 5) is 7.14. The van der Waals surface area contributed by atoms with Gasteiger partial charge in [-0.3, -0.25) is 4.99 Å². The Labute approximate surface area is 126 Å². The van der Waals surface area contributed by atoms with E-state index in [9.17, 15) is 0 Å². The van der Waals surface area contributed by atoms with Crippen LogP contribution in [0.3, 0.4) is 0 Å². The molecule has 1 unspecified atom stereocenters. The summed E-state index contributed by atoms with van der Waals surface area (Å²) in [6.45, 7) is 4.75. The van der Waals surface area contributed by atoms with E-state index in [0.717, 1.165) is 57.3 Å². The van der Waals surface area contributed by atoms with Crippen molar-refractivity contribution in [3.63, 3.8) is 0 Å². The average molecular weight is 291 g/mol. The van der Waals surface area contributed by atoms with Crippen LogP contribution in [0.25, 0.3) is 0 Å². The summed E-state index contributed by atoms with van der Waals surface area (Å²) < 4.78 is 11.0. The molecular formula is C16H25N3O2. The van der Waals surface area contributed by atoms with E-state index in [0.29, 0.717) is 6.10 Å². The number of hydrogen-bond donors (Lipinski definition) is 1. The van der Waals surface area contributed by atoms with Crippen LogP contribution in [0.4, 0.5) is 0 Å². The number of nitrogens with zero attached hydrogens (tertiary/aromatic N) is 2. The van der Waals surface area contributed by atoms with Crippen LogP contribution in [-0.4, -0.2) is 49.7 Å². The Morgan fingerprint density at radius 3 is 2.95 bits per heavy atom. The van der Waals surface area contributed by atoms with Gasteiger partial charge in [0.1, 0.15) is 5.76 Å². The molecule has 2 saturated heterocycles. The van der Waals surface area contributed by atoms with Crippen molar-refractivity contribution in [2.75, 3.05) is 32.8 Å². The minimum Gasteiger partial charge on any atom is -0.469 e. The lowest BCUT2D eigenvalue weighted by Gasteiger charge is -2.21. The van der Waals surface area contributed by atoms with E-state index < -0.39 is 0 Å². The summed E-state index contributed by atoms with van der Waals surface area (Å²) in [6.07, 6.45) is 7.77. The molecule has 0 saturated carbocycles. The molecule has 3 heterocycles. The number of likely N-dealkylation sites (tertiary alicyclic amines) is 1. The monoisotopic (exact) mass is 291 g/mol. The van der Waals surface area contributed by atoms with Gasteiger partial charge >= 0.3 is 0 Å². The van der Waals surface area contributed by atoms with Crippen LogP contribution in [-0.2, 0) is 11.2 Å². The van der Waals surface area contributed by atoms with E-state index in [1.54, 1.807) is 6.26 Å². The second-order valence-electron chi connectivity index (χ2n) is 5.75. The quantitative estimate of drug-likeness (QED) is 0.666. The molecule has 2 fully saturated rings. The first kappa shape index (κ1) is 14.4. The van der Waals surface area contributed by atoms with Gasteiger partial charge in [-0.1, -0.05) is 0 Å². The van der Waals surface area contributed by atoms with Crippen molar-refractivity contribution < 1.29 is 9.15 Å². The summed E-state index contributed by atoms with van der Waals surface area (Å²) in [6, 6.07) is 3.95. The van der Waals surface area contributed by atoms with Crippen LogP contribution in [0.2, 0.25) is 0 Å². The Kier molecular flexibility index (Phi) is 5.16. The van der Waals surface area contributed by atoms with Crippen LogP contribution in [0.15, 0.2) is 27.8 Å². The van der Waals surface area contributed by atoms with Gasteiger partial charge in [-0.2, -0.15) is 0 Å². The largest absolute Gasteiger partial charge is 0.469 e. The zero-order chi connectivity index (χ0) is 14.3. The highest BCUT2D eigenvalue weighted by molar-refractivity contribution is 5.80. The van der Waals surface area contributed by atoms with Gasteiger partial charge in [-0.25, -0.2) is 0 Å². The highest BCUT2D eigenvalue weighted by Gasteiger charge is 2.18. The maximum absolute atomic E-state index is 5.66. The molecule has 1 N–H and O–H groups in total. The maximum atomic E-state index is 5.66. The molecule has 2 aliphatic rings. The molecule has 0 spiro atoms. The van der Waals surface area contributed by atoms with E-state index in [1.807, 2.05) is 12.1 Å². The number of nitrogens with one attached hydrogen (secondary N) is 1. The van der Waals surface area contributed by atoms with Crippen molar-refractivity contribution in [1.82, 2.24) is 10.2 Å². The highest BCUT2D eigenvalue weighted by Crippen LogP contribution is 2.13. The van der Waals surface area contributed by atoms with E-state index in [-0.39, 0.29) is 0 Å². The molecule has 0 aromatic carbocycles. The van der Waals surface area contributed by atoms with Crippen LogP contribution >= 0.6 is 0 Å². The van der Waals surface area contributed by atoms with Crippen molar-refractivity contribution in [3.8, 4) is 0 Å². The molecule has 0 radical (unpaired) electrons. The number of furan rings is 1. The maximum Gasteiger partial charge on any atom is 0.194 e. The normalized spacial score (nSPS) is 23.0. The molecule has 5 heteroatoms. The fraction of sp³-hybridized carbons (Fsp3) is 0.688. The first-order valence-corrected chi connectivity index (χ1v) is 8.09. The molecule has 3 rings (SSSR count). The average Bonchev–Trinajstić information content (AvgIpc) is 3.25. The molecule has 1 aromatic rings. The van der Waals surface area contributed by atoms with Crippen molar-refractivity contribution in [3.05, 3.63) is 24.2 Å². The molecule has 0 aliphatic carbocycles. The fourth-order valence-electron chi connectivity index (χ4n) is 2.93. The molecule has 0 amide bonds. The van der Waals surface area contributed by atoms with Crippen molar-refractivity contribution in [1.29, 1.82) is 0 Å². The number of ether oxygens (including phenoxy) is 1. The number of hydrogen-bond acceptors (Lipinski definition) is 3. The summed E-state index contributed by atoms with van der Waals surface area (Å²) in [5.74, 6) is 2.05. The molecule has 1 atom stereocenters. The third-order valence-corrected chi connectivity index (χ3v) is 4.11. The van der Waals surface area contributed by atoms with E-state index >= 15 is 0 Å². The summed E-state index contributed by atoms with van der Waals surface area (Å²) in [7, 11) is 0. The van der Waals surface area contributed by atoms with Crippen molar-refractivity contribution >= 4 is 5.96 Å². The zero-order valence-corrected chi connectivity index (χ0v) is 12.6. The second kappa shape index (κ2) is 7.50. The number of guanidine groups is 1. The molecule has 0 bridgehead atoms.